The molecule has 7 nitrogen and oxygen atoms in total. The van der Waals surface area contributed by atoms with Crippen LogP contribution in [0.25, 0.3) is 0 Å². The third-order valence-electron chi connectivity index (χ3n) is 4.25. The van der Waals surface area contributed by atoms with E-state index < -0.39 is 0 Å². The fourth-order valence-corrected chi connectivity index (χ4v) is 2.76. The summed E-state index contributed by atoms with van der Waals surface area (Å²) in [5.41, 5.74) is 2.60. The zero-order valence-corrected chi connectivity index (χ0v) is 13.7. The predicted molar refractivity (Wildman–Crippen MR) is 85.2 cm³/mol. The number of carbonyl (C=O) groups is 1. The molecule has 2 aromatic rings. The first kappa shape index (κ1) is 15.5. The van der Waals surface area contributed by atoms with Gasteiger partial charge in [-0.2, -0.15) is 5.10 Å². The molecule has 0 radical (unpaired) electrons. The smallest absolute Gasteiger partial charge is 0.227 e. The first-order valence-corrected chi connectivity index (χ1v) is 7.79. The van der Waals surface area contributed by atoms with E-state index >= 15 is 0 Å². The van der Waals surface area contributed by atoms with Gasteiger partial charge in [-0.05, 0) is 32.9 Å². The summed E-state index contributed by atoms with van der Waals surface area (Å²) in [6.45, 7) is 8.55. The lowest BCUT2D eigenvalue weighted by atomic mass is 10.1. The van der Waals surface area contributed by atoms with Crippen molar-refractivity contribution in [1.29, 1.82) is 0 Å². The van der Waals surface area contributed by atoms with Crippen LogP contribution in [0.5, 0.6) is 0 Å². The summed E-state index contributed by atoms with van der Waals surface area (Å²) in [6.07, 6.45) is 0.353. The highest BCUT2D eigenvalue weighted by Crippen LogP contribution is 2.16. The standard InChI is InChI=1S/C16H21N5O2/c1-11-4-5-15(18-17-11)20-6-8-21(9-7-20)16(22)10-14-12(2)19-23-13(14)3/h4-5H,6-10H2,1-3H3. The summed E-state index contributed by atoms with van der Waals surface area (Å²) in [5.74, 6) is 1.71. The van der Waals surface area contributed by atoms with Gasteiger partial charge in [0.1, 0.15) is 5.76 Å². The molecule has 0 bridgehead atoms. The van der Waals surface area contributed by atoms with Crippen LogP contribution in [0.1, 0.15) is 22.7 Å². The van der Waals surface area contributed by atoms with Crippen LogP contribution < -0.4 is 4.90 Å². The van der Waals surface area contributed by atoms with Gasteiger partial charge in [0.2, 0.25) is 5.91 Å². The van der Waals surface area contributed by atoms with Gasteiger partial charge >= 0.3 is 0 Å². The molecule has 122 valence electrons. The second kappa shape index (κ2) is 6.36. The van der Waals surface area contributed by atoms with Crippen LogP contribution >= 0.6 is 0 Å². The van der Waals surface area contributed by atoms with Crippen LogP contribution in [0.15, 0.2) is 16.7 Å². The van der Waals surface area contributed by atoms with Crippen LogP contribution in [-0.2, 0) is 11.2 Å². The molecule has 1 aliphatic heterocycles. The molecule has 0 atom stereocenters. The van der Waals surface area contributed by atoms with Crippen molar-refractivity contribution in [3.8, 4) is 0 Å². The van der Waals surface area contributed by atoms with Crippen molar-refractivity contribution < 1.29 is 9.32 Å². The molecule has 0 N–H and O–H groups in total. The molecule has 23 heavy (non-hydrogen) atoms. The molecule has 1 fully saturated rings. The topological polar surface area (TPSA) is 75.4 Å². The molecule has 3 heterocycles. The fraction of sp³-hybridized carbons (Fsp3) is 0.500. The van der Waals surface area contributed by atoms with Crippen molar-refractivity contribution in [2.75, 3.05) is 31.1 Å². The Kier molecular flexibility index (Phi) is 4.27. The molecular formula is C16H21N5O2. The molecule has 0 unspecified atom stereocenters. The summed E-state index contributed by atoms with van der Waals surface area (Å²) in [5, 5.41) is 12.2. The zero-order chi connectivity index (χ0) is 16.4. The molecule has 1 aliphatic rings. The Morgan fingerprint density at radius 2 is 1.87 bits per heavy atom. The van der Waals surface area contributed by atoms with Gasteiger partial charge in [-0.1, -0.05) is 5.16 Å². The maximum atomic E-state index is 12.5. The Morgan fingerprint density at radius 1 is 1.13 bits per heavy atom. The largest absolute Gasteiger partial charge is 0.361 e. The van der Waals surface area contributed by atoms with E-state index in [2.05, 4.69) is 20.3 Å². The highest BCUT2D eigenvalue weighted by Gasteiger charge is 2.24. The molecule has 1 amide bonds. The molecule has 1 saturated heterocycles. The first-order valence-electron chi connectivity index (χ1n) is 7.79. The average Bonchev–Trinajstić information content (AvgIpc) is 2.87. The first-order chi connectivity index (χ1) is 11.0. The quantitative estimate of drug-likeness (QED) is 0.849. The Bertz CT molecular complexity index is 667. The lowest BCUT2D eigenvalue weighted by molar-refractivity contribution is -0.130. The van der Waals surface area contributed by atoms with E-state index in [9.17, 15) is 4.79 Å². The van der Waals surface area contributed by atoms with Gasteiger partial charge in [-0.25, -0.2) is 0 Å². The number of anilines is 1. The lowest BCUT2D eigenvalue weighted by Crippen LogP contribution is -2.49. The van der Waals surface area contributed by atoms with E-state index in [4.69, 9.17) is 4.52 Å². The number of amides is 1. The Morgan fingerprint density at radius 3 is 2.43 bits per heavy atom. The van der Waals surface area contributed by atoms with Gasteiger partial charge in [-0.3, -0.25) is 4.79 Å². The van der Waals surface area contributed by atoms with Crippen molar-refractivity contribution in [1.82, 2.24) is 20.3 Å². The number of hydrogen-bond donors (Lipinski definition) is 0. The summed E-state index contributed by atoms with van der Waals surface area (Å²) < 4.78 is 5.12. The number of hydrogen-bond acceptors (Lipinski definition) is 6. The number of rotatable bonds is 3. The average molecular weight is 315 g/mol. The van der Waals surface area contributed by atoms with E-state index in [1.165, 1.54) is 0 Å². The molecule has 7 heteroatoms. The predicted octanol–water partition coefficient (Wildman–Crippen LogP) is 1.28. The lowest BCUT2D eigenvalue weighted by Gasteiger charge is -2.35. The van der Waals surface area contributed by atoms with Gasteiger partial charge in [0.15, 0.2) is 5.82 Å². The molecule has 3 rings (SSSR count). The SMILES string of the molecule is Cc1ccc(N2CCN(C(=O)Cc3c(C)noc3C)CC2)nn1. The number of carbonyl (C=O) groups excluding carboxylic acids is 1. The maximum absolute atomic E-state index is 12.5. The van der Waals surface area contributed by atoms with E-state index in [0.29, 0.717) is 19.5 Å². The molecular weight excluding hydrogens is 294 g/mol. The summed E-state index contributed by atoms with van der Waals surface area (Å²) >= 11 is 0. The van der Waals surface area contributed by atoms with Crippen molar-refractivity contribution in [2.24, 2.45) is 0 Å². The van der Waals surface area contributed by atoms with E-state index in [1.807, 2.05) is 37.8 Å². The van der Waals surface area contributed by atoms with Crippen LogP contribution in [0.3, 0.4) is 0 Å². The monoisotopic (exact) mass is 315 g/mol. The Labute approximate surface area is 135 Å². The van der Waals surface area contributed by atoms with Gasteiger partial charge < -0.3 is 14.3 Å². The third-order valence-corrected chi connectivity index (χ3v) is 4.25. The van der Waals surface area contributed by atoms with Gasteiger partial charge in [0.25, 0.3) is 0 Å². The summed E-state index contributed by atoms with van der Waals surface area (Å²) in [4.78, 5) is 16.5. The second-order valence-corrected chi connectivity index (χ2v) is 5.88. The van der Waals surface area contributed by atoms with E-state index in [0.717, 1.165) is 41.6 Å². The maximum Gasteiger partial charge on any atom is 0.227 e. The minimum absolute atomic E-state index is 0.119. The Balaban J connectivity index is 1.58. The molecule has 0 saturated carbocycles. The summed E-state index contributed by atoms with van der Waals surface area (Å²) in [6, 6.07) is 3.93. The van der Waals surface area contributed by atoms with Crippen LogP contribution in [0.4, 0.5) is 5.82 Å². The van der Waals surface area contributed by atoms with Crippen molar-refractivity contribution in [2.45, 2.75) is 27.2 Å². The number of aryl methyl sites for hydroxylation is 3. The van der Waals surface area contributed by atoms with Crippen molar-refractivity contribution in [3.63, 3.8) is 0 Å². The zero-order valence-electron chi connectivity index (χ0n) is 13.7. The van der Waals surface area contributed by atoms with Crippen LogP contribution in [0, 0.1) is 20.8 Å². The van der Waals surface area contributed by atoms with Crippen LogP contribution in [-0.4, -0.2) is 52.3 Å². The van der Waals surface area contributed by atoms with Gasteiger partial charge in [-0.15, -0.1) is 5.10 Å². The number of aromatic nitrogens is 3. The van der Waals surface area contributed by atoms with Gasteiger partial charge in [0.05, 0.1) is 17.8 Å². The fourth-order valence-electron chi connectivity index (χ4n) is 2.76. The number of piperazine rings is 1. The minimum Gasteiger partial charge on any atom is -0.361 e. The highest BCUT2D eigenvalue weighted by molar-refractivity contribution is 5.79. The van der Waals surface area contributed by atoms with E-state index in [-0.39, 0.29) is 5.91 Å². The van der Waals surface area contributed by atoms with Crippen LogP contribution in [0.2, 0.25) is 0 Å². The molecule has 0 spiro atoms. The molecule has 2 aromatic heterocycles. The highest BCUT2D eigenvalue weighted by atomic mass is 16.5. The normalized spacial score (nSPS) is 15.1. The summed E-state index contributed by atoms with van der Waals surface area (Å²) in [7, 11) is 0. The minimum atomic E-state index is 0.119. The van der Waals surface area contributed by atoms with Crippen molar-refractivity contribution in [3.05, 3.63) is 34.8 Å². The number of nitrogens with zero attached hydrogens (tertiary/aromatic N) is 5. The van der Waals surface area contributed by atoms with E-state index in [1.54, 1.807) is 0 Å². The van der Waals surface area contributed by atoms with Crippen molar-refractivity contribution >= 4 is 11.7 Å². The molecule has 0 aromatic carbocycles. The second-order valence-electron chi connectivity index (χ2n) is 5.88. The van der Waals surface area contributed by atoms with Gasteiger partial charge in [0, 0.05) is 31.7 Å². The molecule has 0 aliphatic carbocycles. The Hall–Kier alpha value is -2.44. The third kappa shape index (κ3) is 3.33.